The average molecular weight is 489 g/mol. The van der Waals surface area contributed by atoms with Crippen molar-refractivity contribution in [1.29, 1.82) is 0 Å². The number of ether oxygens (including phenoxy) is 1. The van der Waals surface area contributed by atoms with Gasteiger partial charge in [0.2, 0.25) is 11.8 Å². The van der Waals surface area contributed by atoms with E-state index < -0.39 is 23.7 Å². The first-order valence-electron chi connectivity index (χ1n) is 12.1. The third-order valence-electron chi connectivity index (χ3n) is 7.15. The molecule has 3 aliphatic heterocycles. The SMILES string of the molecule is O=C1CCC(N2Cc3cc(O[C@H]4CCN(Cc5ccc6ncccc6c5)C4)cc(F)c3C2=O)C(=O)N1. The minimum absolute atomic E-state index is 0.0223. The van der Waals surface area contributed by atoms with E-state index in [0.29, 0.717) is 17.9 Å². The van der Waals surface area contributed by atoms with Crippen LogP contribution in [0.3, 0.4) is 0 Å². The molecule has 6 rings (SSSR count). The second kappa shape index (κ2) is 8.98. The topological polar surface area (TPSA) is 91.8 Å². The van der Waals surface area contributed by atoms with Crippen LogP contribution in [0.15, 0.2) is 48.7 Å². The van der Waals surface area contributed by atoms with E-state index in [4.69, 9.17) is 4.74 Å². The number of hydrogen-bond donors (Lipinski definition) is 1. The van der Waals surface area contributed by atoms with Gasteiger partial charge >= 0.3 is 0 Å². The summed E-state index contributed by atoms with van der Waals surface area (Å²) in [4.78, 5) is 44.6. The molecule has 2 saturated heterocycles. The molecule has 1 aromatic heterocycles. The largest absolute Gasteiger partial charge is 0.489 e. The normalized spacial score (nSPS) is 22.2. The number of benzene rings is 2. The van der Waals surface area contributed by atoms with E-state index in [9.17, 15) is 18.8 Å². The zero-order valence-electron chi connectivity index (χ0n) is 19.6. The summed E-state index contributed by atoms with van der Waals surface area (Å²) >= 11 is 0. The van der Waals surface area contributed by atoms with E-state index in [0.717, 1.165) is 30.4 Å². The molecule has 184 valence electrons. The van der Waals surface area contributed by atoms with Crippen molar-refractivity contribution in [2.45, 2.75) is 44.5 Å². The maximum Gasteiger partial charge on any atom is 0.258 e. The molecule has 3 aromatic rings. The Hall–Kier alpha value is -3.85. The molecule has 9 heteroatoms. The van der Waals surface area contributed by atoms with Crippen LogP contribution in [0.2, 0.25) is 0 Å². The van der Waals surface area contributed by atoms with Gasteiger partial charge in [0.1, 0.15) is 23.7 Å². The molecule has 36 heavy (non-hydrogen) atoms. The molecule has 2 atom stereocenters. The zero-order chi connectivity index (χ0) is 24.8. The fourth-order valence-corrected chi connectivity index (χ4v) is 5.41. The van der Waals surface area contributed by atoms with Crippen LogP contribution < -0.4 is 10.1 Å². The number of fused-ring (bicyclic) bond motifs is 2. The number of amides is 3. The third kappa shape index (κ3) is 4.19. The highest BCUT2D eigenvalue weighted by Gasteiger charge is 2.41. The van der Waals surface area contributed by atoms with Gasteiger partial charge < -0.3 is 9.64 Å². The van der Waals surface area contributed by atoms with Crippen LogP contribution in [0, 0.1) is 5.82 Å². The number of likely N-dealkylation sites (tertiary alicyclic amines) is 1. The van der Waals surface area contributed by atoms with Crippen LogP contribution in [0.25, 0.3) is 10.9 Å². The number of carbonyl (C=O) groups excluding carboxylic acids is 3. The number of halogens is 1. The summed E-state index contributed by atoms with van der Waals surface area (Å²) in [5.41, 5.74) is 2.65. The quantitative estimate of drug-likeness (QED) is 0.556. The van der Waals surface area contributed by atoms with E-state index in [1.54, 1.807) is 12.3 Å². The van der Waals surface area contributed by atoms with Gasteiger partial charge in [-0.05, 0) is 48.2 Å². The van der Waals surface area contributed by atoms with Crippen molar-refractivity contribution < 1.29 is 23.5 Å². The van der Waals surface area contributed by atoms with Crippen molar-refractivity contribution in [3.63, 3.8) is 0 Å². The molecule has 2 aromatic carbocycles. The molecule has 0 saturated carbocycles. The third-order valence-corrected chi connectivity index (χ3v) is 7.15. The first-order valence-corrected chi connectivity index (χ1v) is 12.1. The number of imide groups is 1. The molecule has 0 bridgehead atoms. The smallest absolute Gasteiger partial charge is 0.258 e. The van der Waals surface area contributed by atoms with Crippen LogP contribution in [0.5, 0.6) is 5.75 Å². The van der Waals surface area contributed by atoms with E-state index in [-0.39, 0.29) is 37.0 Å². The molecule has 0 aliphatic carbocycles. The number of aromatic nitrogens is 1. The monoisotopic (exact) mass is 488 g/mol. The number of hydrogen-bond acceptors (Lipinski definition) is 6. The lowest BCUT2D eigenvalue weighted by atomic mass is 10.0. The Kier molecular flexibility index (Phi) is 5.64. The standard InChI is InChI=1S/C27H25FN4O4/c28-21-12-20(11-18-14-32(27(35)25(18)21)23-5-6-24(33)30-26(23)34)36-19-7-9-31(15-19)13-16-3-4-22-17(10-16)2-1-8-29-22/h1-4,8,10-12,19,23H,5-7,9,13-15H2,(H,30,33,34)/t19-,23?/m0/s1. The Morgan fingerprint density at radius 3 is 2.86 bits per heavy atom. The van der Waals surface area contributed by atoms with Crippen molar-refractivity contribution in [3.05, 3.63) is 71.2 Å². The fraction of sp³-hybridized carbons (Fsp3) is 0.333. The summed E-state index contributed by atoms with van der Waals surface area (Å²) in [7, 11) is 0. The molecule has 4 heterocycles. The van der Waals surface area contributed by atoms with Gasteiger partial charge in [0.15, 0.2) is 0 Å². The number of rotatable bonds is 5. The predicted molar refractivity (Wildman–Crippen MR) is 128 cm³/mol. The summed E-state index contributed by atoms with van der Waals surface area (Å²) < 4.78 is 21.1. The Bertz CT molecular complexity index is 1390. The van der Waals surface area contributed by atoms with Crippen LogP contribution in [0.1, 0.15) is 40.7 Å². The van der Waals surface area contributed by atoms with Crippen molar-refractivity contribution in [3.8, 4) is 5.75 Å². The van der Waals surface area contributed by atoms with Gasteiger partial charge in [-0.2, -0.15) is 0 Å². The maximum absolute atomic E-state index is 15.0. The summed E-state index contributed by atoms with van der Waals surface area (Å²) in [5, 5.41) is 3.37. The maximum atomic E-state index is 15.0. The van der Waals surface area contributed by atoms with E-state index in [2.05, 4.69) is 33.4 Å². The summed E-state index contributed by atoms with van der Waals surface area (Å²) in [6.07, 6.45) is 2.90. The number of nitrogens with zero attached hydrogens (tertiary/aromatic N) is 3. The highest BCUT2D eigenvalue weighted by Crippen LogP contribution is 2.33. The van der Waals surface area contributed by atoms with E-state index >= 15 is 0 Å². The lowest BCUT2D eigenvalue weighted by Gasteiger charge is -2.29. The number of carbonyl (C=O) groups is 3. The second-order valence-corrected chi connectivity index (χ2v) is 9.63. The number of nitrogens with one attached hydrogen (secondary N) is 1. The predicted octanol–water partition coefficient (Wildman–Crippen LogP) is 2.79. The molecule has 0 spiro atoms. The lowest BCUT2D eigenvalue weighted by molar-refractivity contribution is -0.136. The number of piperidine rings is 1. The molecule has 3 aliphatic rings. The van der Waals surface area contributed by atoms with Crippen molar-refractivity contribution in [2.24, 2.45) is 0 Å². The van der Waals surface area contributed by atoms with Gasteiger partial charge in [-0.15, -0.1) is 0 Å². The Morgan fingerprint density at radius 2 is 2.00 bits per heavy atom. The highest BCUT2D eigenvalue weighted by molar-refractivity contribution is 6.05. The van der Waals surface area contributed by atoms with Gasteiger partial charge in [0.05, 0.1) is 11.1 Å². The second-order valence-electron chi connectivity index (χ2n) is 9.63. The number of pyridine rings is 1. The minimum Gasteiger partial charge on any atom is -0.489 e. The Labute approximate surface area is 207 Å². The highest BCUT2D eigenvalue weighted by atomic mass is 19.1. The van der Waals surface area contributed by atoms with Crippen molar-refractivity contribution in [1.82, 2.24) is 20.1 Å². The minimum atomic E-state index is -0.777. The molecule has 3 amide bonds. The van der Waals surface area contributed by atoms with E-state index in [1.165, 1.54) is 16.5 Å². The van der Waals surface area contributed by atoms with Crippen molar-refractivity contribution in [2.75, 3.05) is 13.1 Å². The molecular formula is C27H25FN4O4. The fourth-order valence-electron chi connectivity index (χ4n) is 5.41. The molecule has 1 unspecified atom stereocenters. The first-order chi connectivity index (χ1) is 17.4. The van der Waals surface area contributed by atoms with Crippen LogP contribution in [0.4, 0.5) is 4.39 Å². The van der Waals surface area contributed by atoms with Crippen molar-refractivity contribution >= 4 is 28.6 Å². The summed E-state index contributed by atoms with van der Waals surface area (Å²) in [6.45, 7) is 2.48. The zero-order valence-corrected chi connectivity index (χ0v) is 19.6. The average Bonchev–Trinajstić information content (AvgIpc) is 3.42. The molecule has 2 fully saturated rings. The Morgan fingerprint density at radius 1 is 1.11 bits per heavy atom. The van der Waals surface area contributed by atoms with Crippen LogP contribution in [-0.2, 0) is 22.7 Å². The molecule has 1 N–H and O–H groups in total. The van der Waals surface area contributed by atoms with Gasteiger partial charge in [0, 0.05) is 50.2 Å². The lowest BCUT2D eigenvalue weighted by Crippen LogP contribution is -2.52. The van der Waals surface area contributed by atoms with Gasteiger partial charge in [-0.1, -0.05) is 12.1 Å². The van der Waals surface area contributed by atoms with Crippen LogP contribution >= 0.6 is 0 Å². The molecular weight excluding hydrogens is 463 g/mol. The Balaban J connectivity index is 1.11. The summed E-state index contributed by atoms with van der Waals surface area (Å²) in [6, 6.07) is 12.4. The first kappa shape index (κ1) is 22.6. The van der Waals surface area contributed by atoms with Gasteiger partial charge in [-0.25, -0.2) is 4.39 Å². The van der Waals surface area contributed by atoms with E-state index in [1.807, 2.05) is 12.1 Å². The van der Waals surface area contributed by atoms with Gasteiger partial charge in [-0.3, -0.25) is 29.6 Å². The molecule has 8 nitrogen and oxygen atoms in total. The molecule has 0 radical (unpaired) electrons. The van der Waals surface area contributed by atoms with Gasteiger partial charge in [0.25, 0.3) is 5.91 Å². The summed E-state index contributed by atoms with van der Waals surface area (Å²) in [5.74, 6) is -1.67. The van der Waals surface area contributed by atoms with Crippen LogP contribution in [-0.4, -0.2) is 57.7 Å².